The second kappa shape index (κ2) is 3.34. The minimum Gasteiger partial charge on any atom is -0.251 e. The molecule has 2 heterocycles. The van der Waals surface area contributed by atoms with Crippen LogP contribution in [0.25, 0.3) is 11.5 Å². The second-order valence-corrected chi connectivity index (χ2v) is 3.38. The summed E-state index contributed by atoms with van der Waals surface area (Å²) in [6, 6.07) is 1.83. The molecule has 0 aromatic carbocycles. The quantitative estimate of drug-likeness (QED) is 0.709. The van der Waals surface area contributed by atoms with Crippen LogP contribution in [0.15, 0.2) is 12.3 Å². The maximum Gasteiger partial charge on any atom is 0.201 e. The largest absolute Gasteiger partial charge is 0.251 e. The van der Waals surface area contributed by atoms with Gasteiger partial charge in [-0.1, -0.05) is 11.6 Å². The second-order valence-electron chi connectivity index (χ2n) is 2.97. The number of tetrazole rings is 1. The zero-order chi connectivity index (χ0) is 10.1. The summed E-state index contributed by atoms with van der Waals surface area (Å²) >= 11 is 6.02. The van der Waals surface area contributed by atoms with Crippen molar-refractivity contribution < 1.29 is 0 Å². The van der Waals surface area contributed by atoms with Crippen LogP contribution in [0.4, 0.5) is 0 Å². The Morgan fingerprint density at radius 2 is 2.21 bits per heavy atom. The molecular formula is C8H8ClN5. The summed E-state index contributed by atoms with van der Waals surface area (Å²) in [6.07, 6.45) is 1.73. The maximum absolute atomic E-state index is 6.02. The molecule has 2 rings (SSSR count). The minimum absolute atomic E-state index is 0.558. The van der Waals surface area contributed by atoms with Gasteiger partial charge < -0.3 is 0 Å². The summed E-state index contributed by atoms with van der Waals surface area (Å²) in [6.45, 7) is 1.93. The van der Waals surface area contributed by atoms with Crippen LogP contribution < -0.4 is 0 Å². The summed E-state index contributed by atoms with van der Waals surface area (Å²) in [5, 5.41) is 11.6. The fourth-order valence-electron chi connectivity index (χ4n) is 1.13. The van der Waals surface area contributed by atoms with Crippen molar-refractivity contribution in [2.75, 3.05) is 0 Å². The molecule has 0 saturated carbocycles. The molecule has 0 bridgehead atoms. The smallest absolute Gasteiger partial charge is 0.201 e. The molecule has 0 atom stereocenters. The molecule has 14 heavy (non-hydrogen) atoms. The summed E-state index contributed by atoms with van der Waals surface area (Å²) in [5.74, 6) is 0.565. The lowest BCUT2D eigenvalue weighted by Crippen LogP contribution is -1.97. The molecule has 0 spiro atoms. The summed E-state index contributed by atoms with van der Waals surface area (Å²) in [4.78, 5) is 4.19. The van der Waals surface area contributed by atoms with Gasteiger partial charge >= 0.3 is 0 Å². The van der Waals surface area contributed by atoms with E-state index < -0.39 is 0 Å². The van der Waals surface area contributed by atoms with E-state index in [1.807, 2.05) is 13.0 Å². The van der Waals surface area contributed by atoms with Crippen LogP contribution in [-0.4, -0.2) is 25.2 Å². The number of hydrogen-bond acceptors (Lipinski definition) is 4. The predicted octanol–water partition coefficient (Wildman–Crippen LogP) is 1.23. The standard InChI is InChI=1S/C8H8ClN5/c1-5-3-6(9)7(10-4-5)8-11-12-13-14(8)2/h3-4H,1-2H3. The van der Waals surface area contributed by atoms with Gasteiger partial charge in [-0.3, -0.25) is 4.98 Å². The van der Waals surface area contributed by atoms with Crippen LogP contribution in [-0.2, 0) is 7.05 Å². The molecule has 0 amide bonds. The third-order valence-corrected chi connectivity index (χ3v) is 2.10. The number of nitrogens with zero attached hydrogens (tertiary/aromatic N) is 5. The van der Waals surface area contributed by atoms with E-state index in [9.17, 15) is 0 Å². The first-order valence-electron chi connectivity index (χ1n) is 4.03. The Balaban J connectivity index is 2.58. The van der Waals surface area contributed by atoms with Crippen molar-refractivity contribution >= 4 is 11.6 Å². The van der Waals surface area contributed by atoms with Crippen molar-refractivity contribution in [1.82, 2.24) is 25.2 Å². The van der Waals surface area contributed by atoms with Crippen molar-refractivity contribution in [2.24, 2.45) is 7.05 Å². The van der Waals surface area contributed by atoms with E-state index >= 15 is 0 Å². The maximum atomic E-state index is 6.02. The first-order chi connectivity index (χ1) is 6.68. The molecular weight excluding hydrogens is 202 g/mol. The third-order valence-electron chi connectivity index (χ3n) is 1.81. The van der Waals surface area contributed by atoms with E-state index in [0.29, 0.717) is 16.5 Å². The first-order valence-corrected chi connectivity index (χ1v) is 4.41. The number of halogens is 1. The van der Waals surface area contributed by atoms with E-state index in [2.05, 4.69) is 20.5 Å². The third kappa shape index (κ3) is 1.46. The highest BCUT2D eigenvalue weighted by Gasteiger charge is 2.11. The molecule has 0 aliphatic carbocycles. The minimum atomic E-state index is 0.558. The van der Waals surface area contributed by atoms with Crippen molar-refractivity contribution in [3.05, 3.63) is 22.8 Å². The highest BCUT2D eigenvalue weighted by Crippen LogP contribution is 2.23. The van der Waals surface area contributed by atoms with E-state index in [1.54, 1.807) is 13.2 Å². The molecule has 0 unspecified atom stereocenters. The first kappa shape index (κ1) is 9.08. The van der Waals surface area contributed by atoms with Crippen LogP contribution in [0.2, 0.25) is 5.02 Å². The molecule has 0 saturated heterocycles. The number of hydrogen-bond donors (Lipinski definition) is 0. The Morgan fingerprint density at radius 1 is 1.43 bits per heavy atom. The van der Waals surface area contributed by atoms with Gasteiger partial charge in [0.1, 0.15) is 5.69 Å². The Morgan fingerprint density at radius 3 is 2.79 bits per heavy atom. The Kier molecular flexibility index (Phi) is 2.17. The lowest BCUT2D eigenvalue weighted by atomic mass is 10.2. The Labute approximate surface area is 85.7 Å². The molecule has 2 aromatic heterocycles. The van der Waals surface area contributed by atoms with Gasteiger partial charge in [-0.2, -0.15) is 0 Å². The summed E-state index contributed by atoms with van der Waals surface area (Å²) < 4.78 is 1.53. The van der Waals surface area contributed by atoms with Crippen LogP contribution in [0.1, 0.15) is 5.56 Å². The summed E-state index contributed by atoms with van der Waals surface area (Å²) in [7, 11) is 1.74. The average molecular weight is 210 g/mol. The molecule has 0 N–H and O–H groups in total. The molecule has 6 heteroatoms. The predicted molar refractivity (Wildman–Crippen MR) is 51.8 cm³/mol. The average Bonchev–Trinajstić information content (AvgIpc) is 2.52. The highest BCUT2D eigenvalue weighted by molar-refractivity contribution is 6.32. The zero-order valence-corrected chi connectivity index (χ0v) is 8.52. The van der Waals surface area contributed by atoms with Crippen LogP contribution >= 0.6 is 11.6 Å². The van der Waals surface area contributed by atoms with Crippen molar-refractivity contribution in [3.8, 4) is 11.5 Å². The van der Waals surface area contributed by atoms with E-state index in [-0.39, 0.29) is 0 Å². The van der Waals surface area contributed by atoms with Gasteiger partial charge in [0.05, 0.1) is 5.02 Å². The number of rotatable bonds is 1. The molecule has 0 aliphatic rings. The molecule has 72 valence electrons. The van der Waals surface area contributed by atoms with Gasteiger partial charge in [-0.25, -0.2) is 4.68 Å². The van der Waals surface area contributed by atoms with Gasteiger partial charge in [0, 0.05) is 13.2 Å². The van der Waals surface area contributed by atoms with Crippen molar-refractivity contribution in [1.29, 1.82) is 0 Å². The van der Waals surface area contributed by atoms with Gasteiger partial charge in [0.25, 0.3) is 0 Å². The number of pyridine rings is 1. The van der Waals surface area contributed by atoms with Crippen LogP contribution in [0, 0.1) is 6.92 Å². The number of aromatic nitrogens is 5. The van der Waals surface area contributed by atoms with Crippen LogP contribution in [0.5, 0.6) is 0 Å². The van der Waals surface area contributed by atoms with Crippen molar-refractivity contribution in [2.45, 2.75) is 6.92 Å². The molecule has 0 fully saturated rings. The molecule has 0 radical (unpaired) electrons. The Bertz CT molecular complexity index is 465. The van der Waals surface area contributed by atoms with E-state index in [0.717, 1.165) is 5.56 Å². The van der Waals surface area contributed by atoms with Gasteiger partial charge in [-0.15, -0.1) is 5.10 Å². The molecule has 5 nitrogen and oxygen atoms in total. The van der Waals surface area contributed by atoms with Gasteiger partial charge in [0.2, 0.25) is 5.82 Å². The zero-order valence-electron chi connectivity index (χ0n) is 7.77. The molecule has 2 aromatic rings. The van der Waals surface area contributed by atoms with Gasteiger partial charge in [-0.05, 0) is 29.0 Å². The fraction of sp³-hybridized carbons (Fsp3) is 0.250. The SMILES string of the molecule is Cc1cnc(-c2nnnn2C)c(Cl)c1. The fourth-order valence-corrected chi connectivity index (χ4v) is 1.43. The number of aryl methyl sites for hydroxylation is 2. The lowest BCUT2D eigenvalue weighted by molar-refractivity contribution is 0.713. The Hall–Kier alpha value is -1.49. The van der Waals surface area contributed by atoms with Crippen LogP contribution in [0.3, 0.4) is 0 Å². The monoisotopic (exact) mass is 209 g/mol. The van der Waals surface area contributed by atoms with Crippen molar-refractivity contribution in [3.63, 3.8) is 0 Å². The van der Waals surface area contributed by atoms with E-state index in [4.69, 9.17) is 11.6 Å². The molecule has 0 aliphatic heterocycles. The topological polar surface area (TPSA) is 56.5 Å². The van der Waals surface area contributed by atoms with Gasteiger partial charge in [0.15, 0.2) is 0 Å². The highest BCUT2D eigenvalue weighted by atomic mass is 35.5. The normalized spacial score (nSPS) is 10.5. The van der Waals surface area contributed by atoms with E-state index in [1.165, 1.54) is 4.68 Å². The summed E-state index contributed by atoms with van der Waals surface area (Å²) in [5.41, 5.74) is 1.61. The lowest BCUT2D eigenvalue weighted by Gasteiger charge is -2.01.